The van der Waals surface area contributed by atoms with Gasteiger partial charge in [0.05, 0.1) is 23.8 Å². The monoisotopic (exact) mass is 584 g/mol. The van der Waals surface area contributed by atoms with Crippen molar-refractivity contribution >= 4 is 48.0 Å². The van der Waals surface area contributed by atoms with Crippen molar-refractivity contribution in [3.8, 4) is 0 Å². The molecule has 2 aromatic carbocycles. The zero-order valence-corrected chi connectivity index (χ0v) is 22.3. The maximum Gasteiger partial charge on any atom is 0.469 e. The van der Waals surface area contributed by atoms with Gasteiger partial charge in [-0.3, -0.25) is 19.6 Å². The molecule has 0 bridgehead atoms. The number of nitrogens with one attached hydrogen (secondary N) is 2. The second-order valence-corrected chi connectivity index (χ2v) is 10.0. The van der Waals surface area contributed by atoms with Crippen molar-refractivity contribution in [3.05, 3.63) is 71.1 Å². The van der Waals surface area contributed by atoms with Gasteiger partial charge in [-0.1, -0.05) is 48.0 Å². The van der Waals surface area contributed by atoms with Crippen LogP contribution in [0.2, 0.25) is 5.02 Å². The molecule has 3 rings (SSSR count). The summed E-state index contributed by atoms with van der Waals surface area (Å²) >= 11 is 5.99. The van der Waals surface area contributed by atoms with Crippen LogP contribution in [0, 0.1) is 5.82 Å². The first kappa shape index (κ1) is 30.4. The standard InChI is InChI=1S/C24H27ClFN4O8P/c1-15(31)30(28-12-18-7-4-8-21(26)23(18)25)19(10-20(32)14-38-39(34,35)36)13-37-24(33)29-22-9-16-5-2-3-6-17(16)11-27-22/h2-9,11,19-20,28,32H,10,12-14H2,1H3,(H,27,29,33)(H2,34,35,36)/t19-,20+/m1/s1. The number of hydrogen-bond acceptors (Lipinski definition) is 8. The van der Waals surface area contributed by atoms with Crippen LogP contribution in [0.15, 0.2) is 54.7 Å². The normalized spacial score (nSPS) is 13.1. The lowest BCUT2D eigenvalue weighted by Crippen LogP contribution is -2.52. The number of phosphoric acid groups is 1. The molecule has 0 fully saturated rings. The number of aliphatic hydroxyl groups is 1. The van der Waals surface area contributed by atoms with Crippen molar-refractivity contribution in [2.24, 2.45) is 0 Å². The molecule has 0 spiro atoms. The summed E-state index contributed by atoms with van der Waals surface area (Å²) in [6.07, 6.45) is -1.10. The van der Waals surface area contributed by atoms with E-state index in [1.54, 1.807) is 12.3 Å². The Kier molecular flexibility index (Phi) is 10.7. The van der Waals surface area contributed by atoms with Gasteiger partial charge in [0.25, 0.3) is 0 Å². The number of aromatic nitrogens is 1. The number of ether oxygens (including phenoxy) is 1. The summed E-state index contributed by atoms with van der Waals surface area (Å²) in [5.41, 5.74) is 3.10. The van der Waals surface area contributed by atoms with Gasteiger partial charge in [-0.25, -0.2) is 24.2 Å². The fourth-order valence-corrected chi connectivity index (χ4v) is 4.19. The van der Waals surface area contributed by atoms with Crippen LogP contribution < -0.4 is 10.7 Å². The Morgan fingerprint density at radius 3 is 2.56 bits per heavy atom. The number of phosphoric ester groups is 1. The number of carbonyl (C=O) groups is 2. The molecule has 5 N–H and O–H groups in total. The smallest absolute Gasteiger partial charge is 0.447 e. The van der Waals surface area contributed by atoms with Crippen LogP contribution in [0.25, 0.3) is 10.8 Å². The average molecular weight is 585 g/mol. The van der Waals surface area contributed by atoms with Crippen LogP contribution in [0.1, 0.15) is 18.9 Å². The van der Waals surface area contributed by atoms with Crippen LogP contribution in [-0.4, -0.2) is 62.2 Å². The first-order chi connectivity index (χ1) is 18.4. The maximum atomic E-state index is 13.8. The van der Waals surface area contributed by atoms with E-state index in [1.807, 2.05) is 24.3 Å². The fourth-order valence-electron chi connectivity index (χ4n) is 3.63. The third-order valence-electron chi connectivity index (χ3n) is 5.42. The molecule has 39 heavy (non-hydrogen) atoms. The number of hydrazine groups is 1. The van der Waals surface area contributed by atoms with Crippen LogP contribution in [0.3, 0.4) is 0 Å². The number of rotatable bonds is 12. The van der Waals surface area contributed by atoms with Crippen molar-refractivity contribution < 1.29 is 42.7 Å². The molecule has 0 aliphatic rings. The highest BCUT2D eigenvalue weighted by molar-refractivity contribution is 7.46. The Morgan fingerprint density at radius 2 is 1.87 bits per heavy atom. The highest BCUT2D eigenvalue weighted by Gasteiger charge is 2.28. The van der Waals surface area contributed by atoms with Crippen LogP contribution in [0.5, 0.6) is 0 Å². The van der Waals surface area contributed by atoms with Gasteiger partial charge in [-0.2, -0.15) is 0 Å². The minimum Gasteiger partial charge on any atom is -0.447 e. The number of fused-ring (bicyclic) bond motifs is 1. The molecule has 0 saturated carbocycles. The van der Waals surface area contributed by atoms with E-state index < -0.39 is 51.0 Å². The van der Waals surface area contributed by atoms with E-state index in [2.05, 4.69) is 20.3 Å². The lowest BCUT2D eigenvalue weighted by atomic mass is 10.1. The van der Waals surface area contributed by atoms with E-state index in [4.69, 9.17) is 26.1 Å². The molecule has 0 aliphatic heterocycles. The molecule has 1 heterocycles. The number of carbonyl (C=O) groups excluding carboxylic acids is 2. The Balaban J connectivity index is 1.71. The van der Waals surface area contributed by atoms with Crippen LogP contribution >= 0.6 is 19.4 Å². The first-order valence-electron chi connectivity index (χ1n) is 11.6. The Labute approximate surface area is 227 Å². The zero-order chi connectivity index (χ0) is 28.6. The van der Waals surface area contributed by atoms with Crippen molar-refractivity contribution in [1.82, 2.24) is 15.4 Å². The largest absolute Gasteiger partial charge is 0.469 e. The predicted octanol–water partition coefficient (Wildman–Crippen LogP) is 3.36. The minimum atomic E-state index is -4.87. The van der Waals surface area contributed by atoms with Gasteiger partial charge in [-0.15, -0.1) is 0 Å². The molecule has 3 aromatic rings. The molecule has 0 saturated heterocycles. The molecule has 210 valence electrons. The molecule has 0 radical (unpaired) electrons. The van der Waals surface area contributed by atoms with E-state index in [0.29, 0.717) is 5.56 Å². The van der Waals surface area contributed by atoms with E-state index >= 15 is 0 Å². The quantitative estimate of drug-likeness (QED) is 0.157. The molecule has 0 aliphatic carbocycles. The fraction of sp³-hybridized carbons (Fsp3) is 0.292. The van der Waals surface area contributed by atoms with Crippen LogP contribution in [-0.2, 0) is 25.2 Å². The topological polar surface area (TPSA) is 171 Å². The van der Waals surface area contributed by atoms with Gasteiger partial charge >= 0.3 is 13.9 Å². The molecule has 1 aromatic heterocycles. The third-order valence-corrected chi connectivity index (χ3v) is 6.33. The summed E-state index contributed by atoms with van der Waals surface area (Å²) in [4.78, 5) is 46.9. The molecule has 2 amide bonds. The number of aliphatic hydroxyl groups excluding tert-OH is 1. The number of halogens is 2. The van der Waals surface area contributed by atoms with Crippen molar-refractivity contribution in [3.63, 3.8) is 0 Å². The van der Waals surface area contributed by atoms with Gasteiger partial charge in [-0.05, 0) is 23.1 Å². The summed E-state index contributed by atoms with van der Waals surface area (Å²) in [5.74, 6) is -1.00. The van der Waals surface area contributed by atoms with Gasteiger partial charge in [0.2, 0.25) is 5.91 Å². The Hall–Kier alpha value is -3.16. The van der Waals surface area contributed by atoms with E-state index in [1.165, 1.54) is 25.1 Å². The summed E-state index contributed by atoms with van der Waals surface area (Å²) in [5, 5.41) is 15.4. The van der Waals surface area contributed by atoms with Gasteiger partial charge in [0.1, 0.15) is 18.2 Å². The average Bonchev–Trinajstić information content (AvgIpc) is 2.87. The molecule has 12 nitrogen and oxygen atoms in total. The highest BCUT2D eigenvalue weighted by Crippen LogP contribution is 2.36. The number of amides is 2. The second kappa shape index (κ2) is 13.8. The summed E-state index contributed by atoms with van der Waals surface area (Å²) in [7, 11) is -4.87. The van der Waals surface area contributed by atoms with Crippen molar-refractivity contribution in [2.75, 3.05) is 18.5 Å². The van der Waals surface area contributed by atoms with E-state index in [0.717, 1.165) is 15.8 Å². The summed E-state index contributed by atoms with van der Waals surface area (Å²) < 4.78 is 34.5. The van der Waals surface area contributed by atoms with Gasteiger partial charge < -0.3 is 19.6 Å². The van der Waals surface area contributed by atoms with Gasteiger partial charge in [0.15, 0.2) is 0 Å². The summed E-state index contributed by atoms with van der Waals surface area (Å²) in [6.45, 7) is -0.106. The van der Waals surface area contributed by atoms with Gasteiger partial charge in [0, 0.05) is 31.5 Å². The van der Waals surface area contributed by atoms with Crippen LogP contribution in [0.4, 0.5) is 15.0 Å². The van der Waals surface area contributed by atoms with E-state index in [9.17, 15) is 23.7 Å². The number of benzene rings is 2. The molecular weight excluding hydrogens is 558 g/mol. The lowest BCUT2D eigenvalue weighted by molar-refractivity contribution is -0.137. The number of hydrogen-bond donors (Lipinski definition) is 5. The number of pyridine rings is 1. The summed E-state index contributed by atoms with van der Waals surface area (Å²) in [6, 6.07) is 12.1. The van der Waals surface area contributed by atoms with Crippen molar-refractivity contribution in [1.29, 1.82) is 0 Å². The molecule has 0 unspecified atom stereocenters. The Bertz CT molecular complexity index is 1360. The highest BCUT2D eigenvalue weighted by atomic mass is 35.5. The third kappa shape index (κ3) is 9.52. The minimum absolute atomic E-state index is 0.102. The number of nitrogens with zero attached hydrogens (tertiary/aromatic N) is 2. The zero-order valence-electron chi connectivity index (χ0n) is 20.7. The predicted molar refractivity (Wildman–Crippen MR) is 140 cm³/mol. The SMILES string of the molecule is CC(=O)N(NCc1cccc(F)c1Cl)[C@@H](COC(=O)Nc1cc2ccccc2cn1)C[C@H](O)COP(=O)(O)O. The molecule has 15 heteroatoms. The second-order valence-electron chi connectivity index (χ2n) is 8.41. The molecular formula is C24H27ClFN4O8P. The lowest BCUT2D eigenvalue weighted by Gasteiger charge is -2.32. The van der Waals surface area contributed by atoms with Crippen molar-refractivity contribution in [2.45, 2.75) is 32.0 Å². The Morgan fingerprint density at radius 1 is 1.15 bits per heavy atom. The first-order valence-corrected chi connectivity index (χ1v) is 13.5. The maximum absolute atomic E-state index is 13.8. The number of anilines is 1. The molecule has 2 atom stereocenters. The van der Waals surface area contributed by atoms with E-state index in [-0.39, 0.29) is 23.8 Å².